The van der Waals surface area contributed by atoms with Crippen LogP contribution in [0.1, 0.15) is 10.4 Å². The number of nitro benzene ring substituents is 1. The summed E-state index contributed by atoms with van der Waals surface area (Å²) in [7, 11) is 0. The van der Waals surface area contributed by atoms with Crippen LogP contribution in [0.3, 0.4) is 0 Å². The van der Waals surface area contributed by atoms with Crippen molar-refractivity contribution in [3.8, 4) is 0 Å². The van der Waals surface area contributed by atoms with Crippen LogP contribution in [0.4, 0.5) is 14.5 Å². The summed E-state index contributed by atoms with van der Waals surface area (Å²) in [6.45, 7) is 0. The second-order valence-corrected chi connectivity index (χ2v) is 2.99. The normalized spacial score (nSPS) is 10.4. The van der Waals surface area contributed by atoms with Gasteiger partial charge >= 0.3 is 6.43 Å². The molecule has 0 atom stereocenters. The number of alkyl halides is 2. The fourth-order valence-electron chi connectivity index (χ4n) is 0.933. The van der Waals surface area contributed by atoms with Gasteiger partial charge in [-0.05, 0) is 6.07 Å². The van der Waals surface area contributed by atoms with Crippen molar-refractivity contribution in [3.05, 3.63) is 38.9 Å². The van der Waals surface area contributed by atoms with E-state index in [4.69, 9.17) is 11.6 Å². The highest BCUT2D eigenvalue weighted by Crippen LogP contribution is 2.24. The van der Waals surface area contributed by atoms with Crippen LogP contribution in [0.25, 0.3) is 0 Å². The Labute approximate surface area is 87.6 Å². The van der Waals surface area contributed by atoms with Gasteiger partial charge < -0.3 is 0 Å². The molecule has 1 rings (SSSR count). The van der Waals surface area contributed by atoms with Crippen molar-refractivity contribution in [1.82, 2.24) is 0 Å². The van der Waals surface area contributed by atoms with Crippen LogP contribution in [0.5, 0.6) is 0 Å². The second-order valence-electron chi connectivity index (χ2n) is 2.59. The molecule has 0 aromatic heterocycles. The van der Waals surface area contributed by atoms with Crippen LogP contribution in [0, 0.1) is 10.1 Å². The maximum Gasteiger partial charge on any atom is 0.300 e. The molecule has 0 heterocycles. The third kappa shape index (κ3) is 2.47. The van der Waals surface area contributed by atoms with Crippen LogP contribution in [0.2, 0.25) is 5.02 Å². The first kappa shape index (κ1) is 11.5. The molecule has 0 amide bonds. The lowest BCUT2D eigenvalue weighted by Crippen LogP contribution is -2.11. The van der Waals surface area contributed by atoms with Gasteiger partial charge in [-0.2, -0.15) is 0 Å². The minimum atomic E-state index is -3.23. The SMILES string of the molecule is O=C(c1cc([N+](=O)[O-])ccc1Cl)C(F)F. The van der Waals surface area contributed by atoms with Crippen molar-refractivity contribution in [2.24, 2.45) is 0 Å². The van der Waals surface area contributed by atoms with E-state index in [2.05, 4.69) is 0 Å². The number of nitrogens with zero attached hydrogens (tertiary/aromatic N) is 1. The summed E-state index contributed by atoms with van der Waals surface area (Å²) in [5.41, 5.74) is -0.996. The zero-order valence-corrected chi connectivity index (χ0v) is 7.87. The van der Waals surface area contributed by atoms with E-state index in [9.17, 15) is 23.7 Å². The van der Waals surface area contributed by atoms with Crippen LogP contribution >= 0.6 is 11.6 Å². The van der Waals surface area contributed by atoms with Gasteiger partial charge in [0.1, 0.15) is 0 Å². The zero-order chi connectivity index (χ0) is 11.6. The van der Waals surface area contributed by atoms with Gasteiger partial charge in [0, 0.05) is 17.7 Å². The first-order valence-electron chi connectivity index (χ1n) is 3.70. The molecule has 0 N–H and O–H groups in total. The topological polar surface area (TPSA) is 60.2 Å². The number of hydrogen-bond acceptors (Lipinski definition) is 3. The summed E-state index contributed by atoms with van der Waals surface area (Å²) in [5.74, 6) is -1.52. The van der Waals surface area contributed by atoms with E-state index in [1.807, 2.05) is 0 Å². The zero-order valence-electron chi connectivity index (χ0n) is 7.12. The quantitative estimate of drug-likeness (QED) is 0.460. The molecule has 1 aromatic carbocycles. The molecule has 1 aromatic rings. The third-order valence-corrected chi connectivity index (χ3v) is 1.95. The summed E-state index contributed by atoms with van der Waals surface area (Å²) in [6, 6.07) is 2.80. The van der Waals surface area contributed by atoms with E-state index in [1.54, 1.807) is 0 Å². The molecule has 0 aliphatic heterocycles. The van der Waals surface area contributed by atoms with Gasteiger partial charge in [-0.1, -0.05) is 11.6 Å². The molecule has 15 heavy (non-hydrogen) atoms. The second kappa shape index (κ2) is 4.31. The molecule has 0 saturated carbocycles. The molecule has 0 bridgehead atoms. The number of halogens is 3. The predicted octanol–water partition coefficient (Wildman–Crippen LogP) is 2.70. The van der Waals surface area contributed by atoms with E-state index in [-0.39, 0.29) is 5.02 Å². The summed E-state index contributed by atoms with van der Waals surface area (Å²) in [5, 5.41) is 10.1. The highest BCUT2D eigenvalue weighted by molar-refractivity contribution is 6.34. The highest BCUT2D eigenvalue weighted by atomic mass is 35.5. The molecule has 0 radical (unpaired) electrons. The molecule has 0 saturated heterocycles. The highest BCUT2D eigenvalue weighted by Gasteiger charge is 2.22. The average Bonchev–Trinajstić information content (AvgIpc) is 2.16. The van der Waals surface area contributed by atoms with E-state index in [0.29, 0.717) is 0 Å². The van der Waals surface area contributed by atoms with Gasteiger partial charge in [0.2, 0.25) is 5.78 Å². The number of benzene rings is 1. The van der Waals surface area contributed by atoms with Crippen molar-refractivity contribution >= 4 is 23.1 Å². The van der Waals surface area contributed by atoms with Gasteiger partial charge in [-0.25, -0.2) is 8.78 Å². The molecule has 0 unspecified atom stereocenters. The number of ketones is 1. The van der Waals surface area contributed by atoms with Crippen molar-refractivity contribution in [2.75, 3.05) is 0 Å². The molecule has 0 fully saturated rings. The molecule has 0 spiro atoms. The predicted molar refractivity (Wildman–Crippen MR) is 48.4 cm³/mol. The van der Waals surface area contributed by atoms with Crippen LogP contribution in [0.15, 0.2) is 18.2 Å². The number of carbonyl (C=O) groups is 1. The van der Waals surface area contributed by atoms with Crippen molar-refractivity contribution < 1.29 is 18.5 Å². The Morgan fingerprint density at radius 1 is 1.47 bits per heavy atom. The lowest BCUT2D eigenvalue weighted by Gasteiger charge is -2.01. The number of nitro groups is 1. The Hall–Kier alpha value is -1.56. The lowest BCUT2D eigenvalue weighted by atomic mass is 10.1. The Balaban J connectivity index is 3.22. The van der Waals surface area contributed by atoms with Crippen molar-refractivity contribution in [1.29, 1.82) is 0 Å². The van der Waals surface area contributed by atoms with Crippen LogP contribution < -0.4 is 0 Å². The Bertz CT molecular complexity index is 422. The Kier molecular flexibility index (Phi) is 3.31. The minimum Gasteiger partial charge on any atom is -0.288 e. The van der Waals surface area contributed by atoms with Gasteiger partial charge in [-0.3, -0.25) is 14.9 Å². The van der Waals surface area contributed by atoms with Crippen molar-refractivity contribution in [2.45, 2.75) is 6.43 Å². The Morgan fingerprint density at radius 2 is 2.07 bits per heavy atom. The van der Waals surface area contributed by atoms with E-state index < -0.39 is 28.4 Å². The summed E-state index contributed by atoms with van der Waals surface area (Å²) in [6.07, 6.45) is -3.23. The molecule has 0 aliphatic carbocycles. The molecule has 7 heteroatoms. The first-order chi connectivity index (χ1) is 6.93. The number of carbonyl (C=O) groups excluding carboxylic acids is 1. The molecular weight excluding hydrogens is 232 g/mol. The third-order valence-electron chi connectivity index (χ3n) is 1.62. The van der Waals surface area contributed by atoms with Crippen LogP contribution in [-0.2, 0) is 0 Å². The van der Waals surface area contributed by atoms with E-state index in [0.717, 1.165) is 18.2 Å². The van der Waals surface area contributed by atoms with Crippen molar-refractivity contribution in [3.63, 3.8) is 0 Å². The molecule has 0 aliphatic rings. The summed E-state index contributed by atoms with van der Waals surface area (Å²) < 4.78 is 24.1. The van der Waals surface area contributed by atoms with Gasteiger partial charge in [0.15, 0.2) is 0 Å². The summed E-state index contributed by atoms with van der Waals surface area (Å²) in [4.78, 5) is 20.4. The fraction of sp³-hybridized carbons (Fsp3) is 0.125. The molecular formula is C8H4ClF2NO3. The molecule has 4 nitrogen and oxygen atoms in total. The first-order valence-corrected chi connectivity index (χ1v) is 4.07. The standard InChI is InChI=1S/C8H4ClF2NO3/c9-6-2-1-4(12(14)15)3-5(6)7(13)8(10)11/h1-3,8H. The minimum absolute atomic E-state index is 0.231. The number of hydrogen-bond donors (Lipinski definition) is 0. The van der Waals surface area contributed by atoms with Crippen LogP contribution in [-0.4, -0.2) is 17.1 Å². The number of non-ortho nitro benzene ring substituents is 1. The monoisotopic (exact) mass is 235 g/mol. The average molecular weight is 236 g/mol. The summed E-state index contributed by atoms with van der Waals surface area (Å²) >= 11 is 5.46. The fourth-order valence-corrected chi connectivity index (χ4v) is 1.14. The van der Waals surface area contributed by atoms with E-state index in [1.165, 1.54) is 0 Å². The lowest BCUT2D eigenvalue weighted by molar-refractivity contribution is -0.384. The van der Waals surface area contributed by atoms with Gasteiger partial charge in [-0.15, -0.1) is 0 Å². The van der Waals surface area contributed by atoms with Gasteiger partial charge in [0.25, 0.3) is 5.69 Å². The molecule has 80 valence electrons. The van der Waals surface area contributed by atoms with E-state index >= 15 is 0 Å². The Morgan fingerprint density at radius 3 is 2.53 bits per heavy atom. The number of rotatable bonds is 3. The smallest absolute Gasteiger partial charge is 0.288 e. The largest absolute Gasteiger partial charge is 0.300 e. The number of Topliss-reactive ketones (excluding diaryl/α,β-unsaturated/α-hetero) is 1. The maximum absolute atomic E-state index is 12.0. The van der Waals surface area contributed by atoms with Gasteiger partial charge in [0.05, 0.1) is 9.95 Å². The maximum atomic E-state index is 12.0.